The number of hydrogen-bond donors (Lipinski definition) is 1. The molecule has 1 aromatic heterocycles. The average molecular weight is 411 g/mol. The van der Waals surface area contributed by atoms with Crippen molar-refractivity contribution in [3.05, 3.63) is 11.7 Å². The molecule has 1 N–H and O–H groups in total. The molecule has 120 valence electrons. The maximum Gasteiger partial charge on any atom is 0.223 e. The van der Waals surface area contributed by atoms with Crippen LogP contribution in [0.3, 0.4) is 0 Å². The summed E-state index contributed by atoms with van der Waals surface area (Å²) < 4.78 is 15.7. The van der Waals surface area contributed by atoms with Gasteiger partial charge < -0.3 is 24.2 Å². The number of hydrogen-bond acceptors (Lipinski definition) is 6. The van der Waals surface area contributed by atoms with Crippen molar-refractivity contribution >= 4 is 29.9 Å². The third kappa shape index (κ3) is 5.40. The Morgan fingerprint density at radius 2 is 2.38 bits per heavy atom. The van der Waals surface area contributed by atoms with Gasteiger partial charge in [-0.3, -0.25) is 4.99 Å². The van der Waals surface area contributed by atoms with Gasteiger partial charge in [-0.1, -0.05) is 5.16 Å². The molecule has 0 amide bonds. The summed E-state index contributed by atoms with van der Waals surface area (Å²) in [7, 11) is 3.43. The van der Waals surface area contributed by atoms with Crippen molar-refractivity contribution in [3.8, 4) is 0 Å². The highest BCUT2D eigenvalue weighted by atomic mass is 127. The smallest absolute Gasteiger partial charge is 0.223 e. The van der Waals surface area contributed by atoms with Gasteiger partial charge in [-0.25, -0.2) is 0 Å². The van der Waals surface area contributed by atoms with E-state index in [2.05, 4.69) is 25.3 Å². The van der Waals surface area contributed by atoms with Gasteiger partial charge in [0.1, 0.15) is 0 Å². The van der Waals surface area contributed by atoms with E-state index in [1.54, 1.807) is 21.1 Å². The van der Waals surface area contributed by atoms with Crippen LogP contribution in [0.5, 0.6) is 0 Å². The highest BCUT2D eigenvalue weighted by Gasteiger charge is 2.22. The zero-order chi connectivity index (χ0) is 14.4. The number of aryl methyl sites for hydroxylation is 1. The van der Waals surface area contributed by atoms with Gasteiger partial charge in [-0.2, -0.15) is 4.98 Å². The zero-order valence-electron chi connectivity index (χ0n) is 12.5. The summed E-state index contributed by atoms with van der Waals surface area (Å²) >= 11 is 0. The van der Waals surface area contributed by atoms with Crippen molar-refractivity contribution in [1.29, 1.82) is 0 Å². The van der Waals surface area contributed by atoms with E-state index in [1.807, 2.05) is 0 Å². The largest absolute Gasteiger partial charge is 0.382 e. The summed E-state index contributed by atoms with van der Waals surface area (Å²) in [5.41, 5.74) is 0. The minimum absolute atomic E-state index is 0. The molecule has 0 bridgehead atoms. The first-order valence-corrected chi connectivity index (χ1v) is 6.58. The molecule has 2 heterocycles. The lowest BCUT2D eigenvalue weighted by Gasteiger charge is -2.34. The molecule has 1 aromatic rings. The minimum atomic E-state index is 0. The van der Waals surface area contributed by atoms with Gasteiger partial charge in [-0.15, -0.1) is 24.0 Å². The first-order chi connectivity index (χ1) is 9.72. The molecule has 0 aliphatic carbocycles. The van der Waals surface area contributed by atoms with Crippen molar-refractivity contribution in [2.45, 2.75) is 19.6 Å². The standard InChI is InChI=1S/C12H21N5O3.HI/c1-9-15-11(16-20-9)6-14-12(13-2)17-4-5-19-10(7-17)8-18-3;/h10H,4-8H2,1-3H3,(H,13,14);1H. The number of nitrogens with one attached hydrogen (secondary N) is 1. The van der Waals surface area contributed by atoms with Gasteiger partial charge in [0.05, 0.1) is 25.9 Å². The van der Waals surface area contributed by atoms with Crippen LogP contribution in [-0.2, 0) is 16.0 Å². The number of rotatable bonds is 4. The number of methoxy groups -OCH3 is 1. The minimum Gasteiger partial charge on any atom is -0.382 e. The van der Waals surface area contributed by atoms with Crippen molar-refractivity contribution in [3.63, 3.8) is 0 Å². The Bertz CT molecular complexity index is 452. The molecule has 21 heavy (non-hydrogen) atoms. The van der Waals surface area contributed by atoms with Crippen LogP contribution in [0, 0.1) is 6.92 Å². The molecule has 0 radical (unpaired) electrons. The number of aromatic nitrogens is 2. The van der Waals surface area contributed by atoms with E-state index in [0.29, 0.717) is 31.5 Å². The number of ether oxygens (including phenoxy) is 2. The fraction of sp³-hybridized carbons (Fsp3) is 0.750. The lowest BCUT2D eigenvalue weighted by Crippen LogP contribution is -2.51. The third-order valence-corrected chi connectivity index (χ3v) is 2.98. The van der Waals surface area contributed by atoms with Gasteiger partial charge in [-0.05, 0) is 0 Å². The lowest BCUT2D eigenvalue weighted by molar-refractivity contribution is -0.0447. The van der Waals surface area contributed by atoms with Crippen molar-refractivity contribution < 1.29 is 14.0 Å². The first-order valence-electron chi connectivity index (χ1n) is 6.58. The number of morpholine rings is 1. The summed E-state index contributed by atoms with van der Waals surface area (Å²) in [6, 6.07) is 0. The summed E-state index contributed by atoms with van der Waals surface area (Å²) in [6.07, 6.45) is 0.0692. The third-order valence-electron chi connectivity index (χ3n) is 2.98. The van der Waals surface area contributed by atoms with Crippen LogP contribution >= 0.6 is 24.0 Å². The van der Waals surface area contributed by atoms with Crippen LogP contribution in [-0.4, -0.2) is 67.6 Å². The van der Waals surface area contributed by atoms with Crippen LogP contribution in [0.4, 0.5) is 0 Å². The highest BCUT2D eigenvalue weighted by molar-refractivity contribution is 14.0. The second-order valence-electron chi connectivity index (χ2n) is 4.52. The van der Waals surface area contributed by atoms with Crippen molar-refractivity contribution in [2.24, 2.45) is 4.99 Å². The van der Waals surface area contributed by atoms with Gasteiger partial charge in [0.15, 0.2) is 11.8 Å². The Hall–Kier alpha value is -0.940. The molecule has 9 heteroatoms. The van der Waals surface area contributed by atoms with E-state index >= 15 is 0 Å². The molecule has 0 spiro atoms. The predicted octanol–water partition coefficient (Wildman–Crippen LogP) is 0.419. The first kappa shape index (κ1) is 18.1. The molecular weight excluding hydrogens is 389 g/mol. The van der Waals surface area contributed by atoms with Crippen molar-refractivity contribution in [1.82, 2.24) is 20.4 Å². The molecule has 1 saturated heterocycles. The van der Waals surface area contributed by atoms with E-state index in [0.717, 1.165) is 19.0 Å². The SMILES string of the molecule is CN=C(NCc1noc(C)n1)N1CCOC(COC)C1.I. The Labute approximate surface area is 141 Å². The van der Waals surface area contributed by atoms with E-state index < -0.39 is 0 Å². The molecular formula is C12H22IN5O3. The van der Waals surface area contributed by atoms with Crippen LogP contribution in [0.25, 0.3) is 0 Å². The summed E-state index contributed by atoms with van der Waals surface area (Å²) in [5.74, 6) is 1.98. The molecule has 1 aliphatic rings. The van der Waals surface area contributed by atoms with Crippen LogP contribution in [0.15, 0.2) is 9.52 Å². The Kier molecular flexibility index (Phi) is 7.89. The van der Waals surface area contributed by atoms with E-state index in [-0.39, 0.29) is 30.1 Å². The molecule has 1 fully saturated rings. The van der Waals surface area contributed by atoms with Gasteiger partial charge in [0.25, 0.3) is 0 Å². The maximum atomic E-state index is 5.62. The molecule has 0 saturated carbocycles. The zero-order valence-corrected chi connectivity index (χ0v) is 14.9. The predicted molar refractivity (Wildman–Crippen MR) is 87.8 cm³/mol. The number of halogens is 1. The molecule has 0 aromatic carbocycles. The fourth-order valence-corrected chi connectivity index (χ4v) is 2.10. The van der Waals surface area contributed by atoms with E-state index in [9.17, 15) is 0 Å². The number of nitrogens with zero attached hydrogens (tertiary/aromatic N) is 4. The van der Waals surface area contributed by atoms with Gasteiger partial charge in [0.2, 0.25) is 5.89 Å². The number of guanidine groups is 1. The molecule has 1 atom stereocenters. The second kappa shape index (κ2) is 9.15. The van der Waals surface area contributed by atoms with Gasteiger partial charge in [0, 0.05) is 34.2 Å². The van der Waals surface area contributed by atoms with Crippen LogP contribution in [0.2, 0.25) is 0 Å². The quantitative estimate of drug-likeness (QED) is 0.437. The van der Waals surface area contributed by atoms with E-state index in [4.69, 9.17) is 14.0 Å². The number of aliphatic imine (C=N–C) groups is 1. The topological polar surface area (TPSA) is 85.0 Å². The van der Waals surface area contributed by atoms with Crippen molar-refractivity contribution in [2.75, 3.05) is 40.5 Å². The second-order valence-corrected chi connectivity index (χ2v) is 4.52. The lowest BCUT2D eigenvalue weighted by atomic mass is 10.3. The summed E-state index contributed by atoms with van der Waals surface area (Å²) in [5, 5.41) is 7.07. The van der Waals surface area contributed by atoms with Crippen LogP contribution in [0.1, 0.15) is 11.7 Å². The van der Waals surface area contributed by atoms with Gasteiger partial charge >= 0.3 is 0 Å². The molecule has 1 aliphatic heterocycles. The normalized spacial score (nSPS) is 19.3. The summed E-state index contributed by atoms with van der Waals surface area (Å²) in [4.78, 5) is 10.6. The molecule has 2 rings (SSSR count). The average Bonchev–Trinajstić information content (AvgIpc) is 2.86. The van der Waals surface area contributed by atoms with E-state index in [1.165, 1.54) is 0 Å². The Morgan fingerprint density at radius 1 is 1.57 bits per heavy atom. The Morgan fingerprint density at radius 3 is 3.00 bits per heavy atom. The highest BCUT2D eigenvalue weighted by Crippen LogP contribution is 2.06. The molecule has 1 unspecified atom stereocenters. The Balaban J connectivity index is 0.00000220. The van der Waals surface area contributed by atoms with Crippen LogP contribution < -0.4 is 5.32 Å². The maximum absolute atomic E-state index is 5.62. The molecule has 8 nitrogen and oxygen atoms in total. The fourth-order valence-electron chi connectivity index (χ4n) is 2.10. The monoisotopic (exact) mass is 411 g/mol. The summed E-state index contributed by atoms with van der Waals surface area (Å²) in [6.45, 7) is 5.04.